The van der Waals surface area contributed by atoms with E-state index in [1.54, 1.807) is 6.07 Å². The van der Waals surface area contributed by atoms with Crippen molar-refractivity contribution in [1.29, 1.82) is 0 Å². The zero-order valence-corrected chi connectivity index (χ0v) is 20.0. The van der Waals surface area contributed by atoms with Gasteiger partial charge in [0.05, 0.1) is 12.7 Å². The van der Waals surface area contributed by atoms with Gasteiger partial charge in [-0.15, -0.1) is 0 Å². The van der Waals surface area contributed by atoms with E-state index in [1.807, 2.05) is 60.7 Å². The smallest absolute Gasteiger partial charge is 0.326 e. The lowest BCUT2D eigenvalue weighted by molar-refractivity contribution is -0.139. The number of aryl methyl sites for hydroxylation is 1. The molecule has 2 unspecified atom stereocenters. The summed E-state index contributed by atoms with van der Waals surface area (Å²) in [7, 11) is 0. The lowest BCUT2D eigenvalue weighted by atomic mass is 9.88. The summed E-state index contributed by atoms with van der Waals surface area (Å²) in [5, 5.41) is 12.4. The molecule has 1 amide bonds. The lowest BCUT2D eigenvalue weighted by Gasteiger charge is -2.25. The van der Waals surface area contributed by atoms with E-state index < -0.39 is 12.0 Å². The molecule has 184 valence electrons. The number of carbonyl (C=O) groups excluding carboxylic acids is 1. The summed E-state index contributed by atoms with van der Waals surface area (Å²) in [4.78, 5) is 24.8. The second-order valence-corrected chi connectivity index (χ2v) is 9.33. The number of aliphatic carboxylic acids is 1. The number of hydrogen-bond acceptors (Lipinski definition) is 4. The molecular formula is C30H29NO5. The molecule has 3 aromatic carbocycles. The summed E-state index contributed by atoms with van der Waals surface area (Å²) >= 11 is 0. The van der Waals surface area contributed by atoms with Crippen LogP contribution in [0.3, 0.4) is 0 Å². The quantitative estimate of drug-likeness (QED) is 0.431. The van der Waals surface area contributed by atoms with E-state index >= 15 is 0 Å². The number of allylic oxidation sites excluding steroid dienone is 2. The van der Waals surface area contributed by atoms with Crippen LogP contribution in [0.5, 0.6) is 5.75 Å². The van der Waals surface area contributed by atoms with Crippen molar-refractivity contribution >= 4 is 11.9 Å². The van der Waals surface area contributed by atoms with Gasteiger partial charge < -0.3 is 19.9 Å². The molecule has 36 heavy (non-hydrogen) atoms. The van der Waals surface area contributed by atoms with E-state index in [4.69, 9.17) is 9.47 Å². The first kappa shape index (κ1) is 23.8. The van der Waals surface area contributed by atoms with E-state index in [-0.39, 0.29) is 18.4 Å². The maximum absolute atomic E-state index is 12.9. The Morgan fingerprint density at radius 1 is 0.972 bits per heavy atom. The largest absolute Gasteiger partial charge is 0.480 e. The Bertz CT molecular complexity index is 1270. The van der Waals surface area contributed by atoms with Crippen LogP contribution in [0, 0.1) is 0 Å². The number of benzene rings is 3. The summed E-state index contributed by atoms with van der Waals surface area (Å²) < 4.78 is 11.7. The highest BCUT2D eigenvalue weighted by Crippen LogP contribution is 2.26. The Morgan fingerprint density at radius 2 is 1.75 bits per heavy atom. The fraction of sp³-hybridized carbons (Fsp3) is 0.267. The number of fused-ring (bicyclic) bond motifs is 1. The Labute approximate surface area is 210 Å². The molecule has 0 bridgehead atoms. The minimum absolute atomic E-state index is 0.145. The Morgan fingerprint density at radius 3 is 2.47 bits per heavy atom. The molecule has 0 aromatic heterocycles. The SMILES string of the molecule is O=C(NC(Cc1ccc(OC2=CC2)cc1)C(=O)O)c1ccc2c(c1)CCC(OCc1ccccc1)C2. The Kier molecular flexibility index (Phi) is 7.14. The van der Waals surface area contributed by atoms with Gasteiger partial charge in [0.15, 0.2) is 0 Å². The van der Waals surface area contributed by atoms with Gasteiger partial charge in [0.25, 0.3) is 5.91 Å². The van der Waals surface area contributed by atoms with Gasteiger partial charge in [-0.2, -0.15) is 0 Å². The van der Waals surface area contributed by atoms with E-state index in [0.29, 0.717) is 12.2 Å². The minimum Gasteiger partial charge on any atom is -0.480 e. The van der Waals surface area contributed by atoms with Crippen LogP contribution in [0.2, 0.25) is 0 Å². The number of hydrogen-bond donors (Lipinski definition) is 2. The fourth-order valence-corrected chi connectivity index (χ4v) is 4.44. The third-order valence-electron chi connectivity index (χ3n) is 6.57. The van der Waals surface area contributed by atoms with E-state index in [9.17, 15) is 14.7 Å². The average molecular weight is 484 g/mol. The molecular weight excluding hydrogens is 454 g/mol. The number of amides is 1. The van der Waals surface area contributed by atoms with E-state index in [1.165, 1.54) is 5.56 Å². The molecule has 3 aromatic rings. The van der Waals surface area contributed by atoms with Gasteiger partial charge in [-0.05, 0) is 71.9 Å². The Hall–Kier alpha value is -3.90. The summed E-state index contributed by atoms with van der Waals surface area (Å²) in [6, 6.07) is 22.0. The average Bonchev–Trinajstić information content (AvgIpc) is 3.72. The second-order valence-electron chi connectivity index (χ2n) is 9.33. The number of carboxylic acid groups (broad SMARTS) is 1. The molecule has 2 atom stereocenters. The van der Waals surface area contributed by atoms with Gasteiger partial charge in [0, 0.05) is 18.4 Å². The molecule has 2 aliphatic rings. The molecule has 0 aliphatic heterocycles. The molecule has 0 saturated carbocycles. The van der Waals surface area contributed by atoms with Crippen LogP contribution in [-0.2, 0) is 35.4 Å². The molecule has 6 nitrogen and oxygen atoms in total. The van der Waals surface area contributed by atoms with E-state index in [2.05, 4.69) is 17.4 Å². The van der Waals surface area contributed by atoms with Gasteiger partial charge in [-0.1, -0.05) is 48.5 Å². The van der Waals surface area contributed by atoms with Crippen molar-refractivity contribution in [3.63, 3.8) is 0 Å². The third-order valence-corrected chi connectivity index (χ3v) is 6.57. The molecule has 2 aliphatic carbocycles. The van der Waals surface area contributed by atoms with Crippen LogP contribution in [0.15, 0.2) is 84.6 Å². The van der Waals surface area contributed by atoms with Crippen molar-refractivity contribution in [2.75, 3.05) is 0 Å². The number of ether oxygens (including phenoxy) is 2. The first-order valence-corrected chi connectivity index (χ1v) is 12.3. The predicted molar refractivity (Wildman–Crippen MR) is 136 cm³/mol. The molecule has 0 fully saturated rings. The lowest BCUT2D eigenvalue weighted by Crippen LogP contribution is -2.42. The molecule has 6 heteroatoms. The Balaban J connectivity index is 1.17. The zero-order chi connectivity index (χ0) is 24.9. The molecule has 0 radical (unpaired) electrons. The van der Waals surface area contributed by atoms with Crippen molar-refractivity contribution in [3.8, 4) is 5.75 Å². The van der Waals surface area contributed by atoms with Crippen molar-refractivity contribution < 1.29 is 24.2 Å². The van der Waals surface area contributed by atoms with Crippen molar-refractivity contribution in [3.05, 3.63) is 112 Å². The van der Waals surface area contributed by atoms with Crippen LogP contribution < -0.4 is 10.1 Å². The highest BCUT2D eigenvalue weighted by molar-refractivity contribution is 5.96. The monoisotopic (exact) mass is 483 g/mol. The molecule has 0 spiro atoms. The molecule has 5 rings (SSSR count). The van der Waals surface area contributed by atoms with Crippen LogP contribution in [-0.4, -0.2) is 29.1 Å². The van der Waals surface area contributed by atoms with Crippen molar-refractivity contribution in [2.45, 2.75) is 50.9 Å². The second kappa shape index (κ2) is 10.8. The van der Waals surface area contributed by atoms with Gasteiger partial charge in [-0.3, -0.25) is 4.79 Å². The van der Waals surface area contributed by atoms with Gasteiger partial charge in [-0.25, -0.2) is 4.79 Å². The van der Waals surface area contributed by atoms with Gasteiger partial charge in [0.1, 0.15) is 17.6 Å². The maximum atomic E-state index is 12.9. The van der Waals surface area contributed by atoms with Crippen molar-refractivity contribution in [1.82, 2.24) is 5.32 Å². The summed E-state index contributed by atoms with van der Waals surface area (Å²) in [6.07, 6.45) is 5.71. The van der Waals surface area contributed by atoms with Crippen LogP contribution in [0.4, 0.5) is 0 Å². The first-order chi connectivity index (χ1) is 17.5. The summed E-state index contributed by atoms with van der Waals surface area (Å²) in [5.41, 5.74) is 4.74. The van der Waals surface area contributed by atoms with Crippen LogP contribution in [0.25, 0.3) is 0 Å². The number of nitrogens with one attached hydrogen (secondary N) is 1. The predicted octanol–water partition coefficient (Wildman–Crippen LogP) is 4.85. The fourth-order valence-electron chi connectivity index (χ4n) is 4.44. The van der Waals surface area contributed by atoms with Crippen LogP contribution >= 0.6 is 0 Å². The number of rotatable bonds is 10. The molecule has 2 N–H and O–H groups in total. The normalized spacial score (nSPS) is 16.9. The summed E-state index contributed by atoms with van der Waals surface area (Å²) in [6.45, 7) is 0.589. The highest BCUT2D eigenvalue weighted by Gasteiger charge is 2.24. The molecule has 0 saturated heterocycles. The topological polar surface area (TPSA) is 84.9 Å². The van der Waals surface area contributed by atoms with Crippen LogP contribution in [0.1, 0.15) is 45.5 Å². The third kappa shape index (κ3) is 6.20. The molecule has 0 heterocycles. The first-order valence-electron chi connectivity index (χ1n) is 12.3. The summed E-state index contributed by atoms with van der Waals surface area (Å²) in [5.74, 6) is 0.218. The van der Waals surface area contributed by atoms with Crippen molar-refractivity contribution in [2.24, 2.45) is 0 Å². The van der Waals surface area contributed by atoms with E-state index in [0.717, 1.165) is 53.9 Å². The minimum atomic E-state index is -1.07. The zero-order valence-electron chi connectivity index (χ0n) is 20.0. The standard InChI is InChI=1S/C30H29NO5/c32-29(31-28(30(33)34)16-20-6-11-25(12-7-20)36-26-14-15-26)24-9-8-23-18-27(13-10-22(23)17-24)35-19-21-4-2-1-3-5-21/h1-9,11-12,14,17,27-28H,10,13,15-16,18-19H2,(H,31,32)(H,33,34). The van der Waals surface area contributed by atoms with Gasteiger partial charge >= 0.3 is 5.97 Å². The maximum Gasteiger partial charge on any atom is 0.326 e. The van der Waals surface area contributed by atoms with Gasteiger partial charge in [0.2, 0.25) is 0 Å². The number of carbonyl (C=O) groups is 2. The number of carboxylic acids is 1. The highest BCUT2D eigenvalue weighted by atomic mass is 16.5.